The van der Waals surface area contributed by atoms with Crippen LogP contribution in [0.1, 0.15) is 25.3 Å². The Labute approximate surface area is 95.4 Å². The first kappa shape index (κ1) is 11.0. The van der Waals surface area contributed by atoms with Crippen molar-refractivity contribution in [1.82, 2.24) is 0 Å². The maximum atomic E-state index is 11.5. The van der Waals surface area contributed by atoms with E-state index in [9.17, 15) is 4.79 Å². The lowest BCUT2D eigenvalue weighted by molar-refractivity contribution is -0.151. The van der Waals surface area contributed by atoms with Crippen LogP contribution in [0.3, 0.4) is 0 Å². The van der Waals surface area contributed by atoms with Crippen LogP contribution in [0.2, 0.25) is 0 Å². The molecule has 0 aromatic heterocycles. The molecule has 0 saturated heterocycles. The zero-order valence-electron chi connectivity index (χ0n) is 9.66. The number of rotatable bonds is 4. The molecule has 86 valence electrons. The van der Waals surface area contributed by atoms with E-state index >= 15 is 0 Å². The van der Waals surface area contributed by atoms with E-state index in [1.807, 2.05) is 24.3 Å². The summed E-state index contributed by atoms with van der Waals surface area (Å²) < 4.78 is 10.4. The second-order valence-electron chi connectivity index (χ2n) is 4.09. The van der Waals surface area contributed by atoms with Crippen LogP contribution in [-0.4, -0.2) is 18.7 Å². The van der Waals surface area contributed by atoms with E-state index in [0.717, 1.165) is 25.0 Å². The molecule has 0 atom stereocenters. The third-order valence-corrected chi connectivity index (χ3v) is 2.91. The lowest BCUT2D eigenvalue weighted by Gasteiger charge is -2.15. The van der Waals surface area contributed by atoms with Gasteiger partial charge in [-0.3, -0.25) is 0 Å². The lowest BCUT2D eigenvalue weighted by Crippen LogP contribution is -2.30. The van der Waals surface area contributed by atoms with Gasteiger partial charge in [-0.05, 0) is 24.1 Å². The average molecular weight is 220 g/mol. The second-order valence-corrected chi connectivity index (χ2v) is 4.09. The molecule has 0 amide bonds. The van der Waals surface area contributed by atoms with Crippen molar-refractivity contribution >= 4 is 5.97 Å². The molecule has 1 aliphatic carbocycles. The summed E-state index contributed by atoms with van der Waals surface area (Å²) in [6, 6.07) is 7.84. The zero-order chi connectivity index (χ0) is 11.6. The number of carbonyl (C=O) groups is 1. The van der Waals surface area contributed by atoms with Crippen molar-refractivity contribution in [3.8, 4) is 5.75 Å². The van der Waals surface area contributed by atoms with Gasteiger partial charge in [0.15, 0.2) is 0 Å². The summed E-state index contributed by atoms with van der Waals surface area (Å²) in [6.45, 7) is 2.10. The van der Waals surface area contributed by atoms with Crippen molar-refractivity contribution in [2.75, 3.05) is 7.11 Å². The van der Waals surface area contributed by atoms with E-state index in [1.54, 1.807) is 0 Å². The van der Waals surface area contributed by atoms with E-state index in [1.165, 1.54) is 12.7 Å². The van der Waals surface area contributed by atoms with Gasteiger partial charge in [0, 0.05) is 12.8 Å². The van der Waals surface area contributed by atoms with Crippen LogP contribution < -0.4 is 4.74 Å². The normalized spacial score (nSPS) is 16.6. The smallest absolute Gasteiger partial charge is 0.350 e. The quantitative estimate of drug-likeness (QED) is 0.730. The van der Waals surface area contributed by atoms with E-state index in [4.69, 9.17) is 9.47 Å². The topological polar surface area (TPSA) is 35.5 Å². The highest BCUT2D eigenvalue weighted by Gasteiger charge is 2.54. The molecule has 0 unspecified atom stereocenters. The number of hydrogen-bond acceptors (Lipinski definition) is 3. The van der Waals surface area contributed by atoms with Gasteiger partial charge in [-0.25, -0.2) is 4.79 Å². The van der Waals surface area contributed by atoms with Gasteiger partial charge in [0.2, 0.25) is 5.60 Å². The second kappa shape index (κ2) is 4.16. The number of benzene rings is 1. The van der Waals surface area contributed by atoms with E-state index in [2.05, 4.69) is 6.92 Å². The molecule has 2 rings (SSSR count). The summed E-state index contributed by atoms with van der Waals surface area (Å²) in [5.74, 6) is 0.465. The Bertz CT molecular complexity index is 377. The summed E-state index contributed by atoms with van der Waals surface area (Å²) in [4.78, 5) is 11.5. The minimum atomic E-state index is -0.706. The Hall–Kier alpha value is -1.51. The van der Waals surface area contributed by atoms with Crippen molar-refractivity contribution in [2.24, 2.45) is 0 Å². The number of aryl methyl sites for hydroxylation is 1. The summed E-state index contributed by atoms with van der Waals surface area (Å²) in [5.41, 5.74) is 0.554. The number of carbonyl (C=O) groups excluding carboxylic acids is 1. The minimum Gasteiger partial charge on any atom is -0.476 e. The van der Waals surface area contributed by atoms with Crippen molar-refractivity contribution in [2.45, 2.75) is 31.8 Å². The van der Waals surface area contributed by atoms with Gasteiger partial charge >= 0.3 is 5.97 Å². The van der Waals surface area contributed by atoms with E-state index in [-0.39, 0.29) is 5.97 Å². The van der Waals surface area contributed by atoms with Crippen LogP contribution in [0.5, 0.6) is 5.75 Å². The van der Waals surface area contributed by atoms with Crippen molar-refractivity contribution < 1.29 is 14.3 Å². The van der Waals surface area contributed by atoms with Crippen LogP contribution in [0.4, 0.5) is 0 Å². The highest BCUT2D eigenvalue weighted by atomic mass is 16.6. The maximum absolute atomic E-state index is 11.5. The number of hydrogen-bond donors (Lipinski definition) is 0. The van der Waals surface area contributed by atoms with E-state index in [0.29, 0.717) is 0 Å². The predicted octanol–water partition coefficient (Wildman–Crippen LogP) is 2.33. The molecule has 1 aromatic carbocycles. The van der Waals surface area contributed by atoms with Crippen molar-refractivity contribution in [1.29, 1.82) is 0 Å². The molecule has 3 heteroatoms. The Morgan fingerprint density at radius 1 is 1.31 bits per heavy atom. The van der Waals surface area contributed by atoms with Crippen LogP contribution in [0.15, 0.2) is 24.3 Å². The largest absolute Gasteiger partial charge is 0.476 e. The molecule has 0 radical (unpaired) electrons. The van der Waals surface area contributed by atoms with Gasteiger partial charge in [-0.2, -0.15) is 0 Å². The standard InChI is InChI=1S/C13H16O3/c1-3-10-4-6-11(7-5-10)16-13(8-9-13)12(14)15-2/h4-7H,3,8-9H2,1-2H3. The van der Waals surface area contributed by atoms with Crippen molar-refractivity contribution in [3.05, 3.63) is 29.8 Å². The van der Waals surface area contributed by atoms with Crippen LogP contribution in [-0.2, 0) is 16.0 Å². The molecule has 1 aliphatic rings. The molecule has 0 heterocycles. The van der Waals surface area contributed by atoms with E-state index < -0.39 is 5.60 Å². The van der Waals surface area contributed by atoms with Gasteiger partial charge in [0.25, 0.3) is 0 Å². The molecule has 1 aromatic rings. The predicted molar refractivity (Wildman–Crippen MR) is 60.4 cm³/mol. The molecule has 0 bridgehead atoms. The molecule has 16 heavy (non-hydrogen) atoms. The third kappa shape index (κ3) is 2.03. The minimum absolute atomic E-state index is 0.271. The van der Waals surface area contributed by atoms with Gasteiger partial charge in [-0.15, -0.1) is 0 Å². The third-order valence-electron chi connectivity index (χ3n) is 2.91. The molecule has 0 N–H and O–H groups in total. The van der Waals surface area contributed by atoms with Crippen LogP contribution in [0, 0.1) is 0 Å². The Balaban J connectivity index is 2.06. The fraction of sp³-hybridized carbons (Fsp3) is 0.462. The molecular weight excluding hydrogens is 204 g/mol. The number of methoxy groups -OCH3 is 1. The highest BCUT2D eigenvalue weighted by Crippen LogP contribution is 2.41. The average Bonchev–Trinajstić information content (AvgIpc) is 3.10. The molecule has 3 nitrogen and oxygen atoms in total. The molecule has 0 aliphatic heterocycles. The Morgan fingerprint density at radius 3 is 2.38 bits per heavy atom. The number of ether oxygens (including phenoxy) is 2. The lowest BCUT2D eigenvalue weighted by atomic mass is 10.2. The van der Waals surface area contributed by atoms with Gasteiger partial charge in [0.1, 0.15) is 5.75 Å². The monoisotopic (exact) mass is 220 g/mol. The van der Waals surface area contributed by atoms with Crippen LogP contribution >= 0.6 is 0 Å². The zero-order valence-corrected chi connectivity index (χ0v) is 9.66. The first-order valence-electron chi connectivity index (χ1n) is 5.56. The maximum Gasteiger partial charge on any atom is 0.350 e. The SMILES string of the molecule is CCc1ccc(OC2(C(=O)OC)CC2)cc1. The highest BCUT2D eigenvalue weighted by molar-refractivity contribution is 5.83. The van der Waals surface area contributed by atoms with Crippen molar-refractivity contribution in [3.63, 3.8) is 0 Å². The summed E-state index contributed by atoms with van der Waals surface area (Å²) in [6.07, 6.45) is 2.49. The first-order chi connectivity index (χ1) is 7.70. The molecular formula is C13H16O3. The number of esters is 1. The Morgan fingerprint density at radius 2 is 1.94 bits per heavy atom. The molecule has 1 fully saturated rings. The first-order valence-corrected chi connectivity index (χ1v) is 5.56. The summed E-state index contributed by atoms with van der Waals surface area (Å²) in [5, 5.41) is 0. The van der Waals surface area contributed by atoms with Gasteiger partial charge in [0.05, 0.1) is 7.11 Å². The van der Waals surface area contributed by atoms with Gasteiger partial charge in [-0.1, -0.05) is 19.1 Å². The summed E-state index contributed by atoms with van der Waals surface area (Å²) >= 11 is 0. The Kier molecular flexibility index (Phi) is 2.86. The fourth-order valence-electron chi connectivity index (χ4n) is 1.67. The molecule has 0 spiro atoms. The van der Waals surface area contributed by atoms with Gasteiger partial charge < -0.3 is 9.47 Å². The fourth-order valence-corrected chi connectivity index (χ4v) is 1.67. The van der Waals surface area contributed by atoms with Crippen LogP contribution in [0.25, 0.3) is 0 Å². The summed E-state index contributed by atoms with van der Waals surface area (Å²) in [7, 11) is 1.39. The molecule has 1 saturated carbocycles.